The molecule has 1 unspecified atom stereocenters. The summed E-state index contributed by atoms with van der Waals surface area (Å²) in [4.78, 5) is 8.76. The Morgan fingerprint density at radius 2 is 2.25 bits per heavy atom. The predicted octanol–water partition coefficient (Wildman–Crippen LogP) is 4.57. The summed E-state index contributed by atoms with van der Waals surface area (Å²) in [5, 5.41) is 4.00. The Morgan fingerprint density at radius 3 is 3.05 bits per heavy atom. The minimum Gasteiger partial charge on any atom is -0.483 e. The van der Waals surface area contributed by atoms with Crippen molar-refractivity contribution in [2.24, 2.45) is 0 Å². The van der Waals surface area contributed by atoms with Gasteiger partial charge in [-0.1, -0.05) is 6.07 Å². The van der Waals surface area contributed by atoms with E-state index in [-0.39, 0.29) is 6.10 Å². The van der Waals surface area contributed by atoms with Crippen LogP contribution >= 0.6 is 22.9 Å². The lowest BCUT2D eigenvalue weighted by Crippen LogP contribution is -2.02. The van der Waals surface area contributed by atoms with E-state index in [1.165, 1.54) is 0 Å². The van der Waals surface area contributed by atoms with Crippen LogP contribution in [-0.2, 0) is 5.88 Å². The van der Waals surface area contributed by atoms with E-state index in [1.54, 1.807) is 17.5 Å². The zero-order valence-electron chi connectivity index (χ0n) is 10.9. The van der Waals surface area contributed by atoms with Crippen LogP contribution in [0.25, 0.3) is 10.9 Å². The third kappa shape index (κ3) is 2.76. The van der Waals surface area contributed by atoms with E-state index in [0.29, 0.717) is 5.88 Å². The molecule has 2 aromatic heterocycles. The number of halogens is 1. The van der Waals surface area contributed by atoms with Gasteiger partial charge in [-0.15, -0.1) is 22.9 Å². The van der Waals surface area contributed by atoms with Crippen molar-refractivity contribution >= 4 is 33.8 Å². The van der Waals surface area contributed by atoms with E-state index >= 15 is 0 Å². The maximum Gasteiger partial charge on any atom is 0.147 e. The Hall–Kier alpha value is -1.65. The van der Waals surface area contributed by atoms with Gasteiger partial charge in [0.05, 0.1) is 17.1 Å². The molecule has 0 aliphatic heterocycles. The third-order valence-electron chi connectivity index (χ3n) is 2.94. The molecule has 0 radical (unpaired) electrons. The van der Waals surface area contributed by atoms with Crippen molar-refractivity contribution in [2.75, 3.05) is 0 Å². The van der Waals surface area contributed by atoms with Gasteiger partial charge in [0.2, 0.25) is 0 Å². The summed E-state index contributed by atoms with van der Waals surface area (Å²) in [5.41, 5.74) is 1.82. The monoisotopic (exact) mass is 304 g/mol. The van der Waals surface area contributed by atoms with Gasteiger partial charge in [0.15, 0.2) is 0 Å². The summed E-state index contributed by atoms with van der Waals surface area (Å²) < 4.78 is 5.93. The van der Waals surface area contributed by atoms with E-state index in [0.717, 1.165) is 27.4 Å². The van der Waals surface area contributed by atoms with Crippen molar-refractivity contribution in [3.63, 3.8) is 0 Å². The van der Waals surface area contributed by atoms with E-state index in [4.69, 9.17) is 16.3 Å². The maximum atomic E-state index is 5.93. The van der Waals surface area contributed by atoms with E-state index in [2.05, 4.69) is 9.97 Å². The second kappa shape index (κ2) is 5.77. The first-order chi connectivity index (χ1) is 9.76. The van der Waals surface area contributed by atoms with Gasteiger partial charge in [0.25, 0.3) is 0 Å². The minimum atomic E-state index is -0.0990. The van der Waals surface area contributed by atoms with Crippen molar-refractivity contribution in [3.05, 3.63) is 52.6 Å². The fraction of sp³-hybridized carbons (Fsp3) is 0.200. The Kier molecular flexibility index (Phi) is 3.85. The smallest absolute Gasteiger partial charge is 0.147 e. The highest BCUT2D eigenvalue weighted by Crippen LogP contribution is 2.26. The van der Waals surface area contributed by atoms with Crippen molar-refractivity contribution in [1.82, 2.24) is 9.97 Å². The molecule has 3 rings (SSSR count). The maximum absolute atomic E-state index is 5.93. The molecule has 1 aromatic carbocycles. The molecule has 0 N–H and O–H groups in total. The number of rotatable bonds is 4. The molecule has 0 saturated heterocycles. The topological polar surface area (TPSA) is 35.0 Å². The summed E-state index contributed by atoms with van der Waals surface area (Å²) in [7, 11) is 0. The van der Waals surface area contributed by atoms with Crippen LogP contribution < -0.4 is 4.74 Å². The minimum absolute atomic E-state index is 0.0990. The van der Waals surface area contributed by atoms with Crippen LogP contribution in [0.2, 0.25) is 0 Å². The number of thiazole rings is 1. The number of pyridine rings is 1. The van der Waals surface area contributed by atoms with Crippen molar-refractivity contribution < 1.29 is 4.74 Å². The van der Waals surface area contributed by atoms with E-state index in [9.17, 15) is 0 Å². The van der Waals surface area contributed by atoms with Gasteiger partial charge in [-0.3, -0.25) is 4.98 Å². The largest absolute Gasteiger partial charge is 0.483 e. The van der Waals surface area contributed by atoms with Gasteiger partial charge >= 0.3 is 0 Å². The van der Waals surface area contributed by atoms with Crippen LogP contribution in [0.3, 0.4) is 0 Å². The number of fused-ring (bicyclic) bond motifs is 1. The van der Waals surface area contributed by atoms with Gasteiger partial charge in [0, 0.05) is 23.0 Å². The van der Waals surface area contributed by atoms with Crippen LogP contribution in [0.1, 0.15) is 23.7 Å². The average Bonchev–Trinajstić information content (AvgIpc) is 2.96. The van der Waals surface area contributed by atoms with Gasteiger partial charge in [0.1, 0.15) is 16.9 Å². The number of benzene rings is 1. The zero-order valence-corrected chi connectivity index (χ0v) is 12.5. The van der Waals surface area contributed by atoms with E-state index in [1.807, 2.05) is 42.6 Å². The van der Waals surface area contributed by atoms with E-state index < -0.39 is 0 Å². The molecule has 0 aliphatic carbocycles. The quantitative estimate of drug-likeness (QED) is 0.662. The number of hydrogen-bond donors (Lipinski definition) is 0. The molecule has 0 amide bonds. The molecule has 1 atom stereocenters. The zero-order chi connectivity index (χ0) is 13.9. The van der Waals surface area contributed by atoms with Gasteiger partial charge in [-0.2, -0.15) is 0 Å². The number of hydrogen-bond acceptors (Lipinski definition) is 4. The van der Waals surface area contributed by atoms with Crippen molar-refractivity contribution in [1.29, 1.82) is 0 Å². The Morgan fingerprint density at radius 1 is 1.35 bits per heavy atom. The lowest BCUT2D eigenvalue weighted by molar-refractivity contribution is 0.226. The average molecular weight is 305 g/mol. The summed E-state index contributed by atoms with van der Waals surface area (Å²) in [5.74, 6) is 1.23. The van der Waals surface area contributed by atoms with Crippen LogP contribution in [0.4, 0.5) is 0 Å². The molecule has 0 spiro atoms. The molecule has 3 nitrogen and oxygen atoms in total. The number of alkyl halides is 1. The summed E-state index contributed by atoms with van der Waals surface area (Å²) in [6, 6.07) is 9.87. The van der Waals surface area contributed by atoms with Crippen molar-refractivity contribution in [3.8, 4) is 5.75 Å². The number of nitrogens with zero attached hydrogens (tertiary/aromatic N) is 2. The molecule has 5 heteroatoms. The lowest BCUT2D eigenvalue weighted by Gasteiger charge is -2.12. The fourth-order valence-electron chi connectivity index (χ4n) is 1.94. The Balaban J connectivity index is 1.81. The molecular formula is C15H13ClN2OS. The normalized spacial score (nSPS) is 12.5. The van der Waals surface area contributed by atoms with Crippen LogP contribution in [-0.4, -0.2) is 9.97 Å². The molecule has 0 bridgehead atoms. The number of aromatic nitrogens is 2. The fourth-order valence-corrected chi connectivity index (χ4v) is 2.98. The second-order valence-electron chi connectivity index (χ2n) is 4.43. The van der Waals surface area contributed by atoms with Crippen LogP contribution in [0, 0.1) is 0 Å². The second-order valence-corrected chi connectivity index (χ2v) is 5.59. The highest BCUT2D eigenvalue weighted by molar-refractivity contribution is 7.09. The molecule has 20 heavy (non-hydrogen) atoms. The standard InChI is InChI=1S/C15H13ClN2OS/c1-10(15-18-12(8-16)9-20-15)19-13-5-4-11-3-2-6-17-14(11)7-13/h2-7,9-10H,8H2,1H3. The SMILES string of the molecule is CC(Oc1ccc2cccnc2c1)c1nc(CCl)cs1. The first-order valence-corrected chi connectivity index (χ1v) is 7.69. The lowest BCUT2D eigenvalue weighted by atomic mass is 10.2. The molecule has 0 fully saturated rings. The summed E-state index contributed by atoms with van der Waals surface area (Å²) in [6.07, 6.45) is 1.68. The Bertz CT molecular complexity index is 728. The molecule has 102 valence electrons. The predicted molar refractivity (Wildman–Crippen MR) is 82.5 cm³/mol. The molecular weight excluding hydrogens is 292 g/mol. The summed E-state index contributed by atoms with van der Waals surface area (Å²) >= 11 is 7.33. The van der Waals surface area contributed by atoms with Gasteiger partial charge in [-0.25, -0.2) is 4.98 Å². The highest BCUT2D eigenvalue weighted by atomic mass is 35.5. The molecule has 3 aromatic rings. The van der Waals surface area contributed by atoms with Gasteiger partial charge < -0.3 is 4.74 Å². The van der Waals surface area contributed by atoms with Crippen molar-refractivity contribution in [2.45, 2.75) is 18.9 Å². The van der Waals surface area contributed by atoms with Crippen LogP contribution in [0.15, 0.2) is 41.9 Å². The third-order valence-corrected chi connectivity index (χ3v) is 4.27. The molecule has 2 heterocycles. The first-order valence-electron chi connectivity index (χ1n) is 6.28. The first kappa shape index (κ1) is 13.3. The number of ether oxygens (including phenoxy) is 1. The highest BCUT2D eigenvalue weighted by Gasteiger charge is 2.12. The Labute approximate surface area is 126 Å². The summed E-state index contributed by atoms with van der Waals surface area (Å²) in [6.45, 7) is 1.99. The van der Waals surface area contributed by atoms with Gasteiger partial charge in [-0.05, 0) is 25.1 Å². The van der Waals surface area contributed by atoms with Crippen LogP contribution in [0.5, 0.6) is 5.75 Å². The molecule has 0 saturated carbocycles. The molecule has 0 aliphatic rings.